The minimum atomic E-state index is -0.0257. The van der Waals surface area contributed by atoms with Gasteiger partial charge in [-0.05, 0) is 59.0 Å². The molecule has 1 aromatic carbocycles. The number of nitrogens with zero attached hydrogens (tertiary/aromatic N) is 1. The maximum Gasteiger partial charge on any atom is 0.257 e. The summed E-state index contributed by atoms with van der Waals surface area (Å²) in [4.78, 5) is 14.7. The van der Waals surface area contributed by atoms with Crippen molar-refractivity contribution in [1.29, 1.82) is 0 Å². The van der Waals surface area contributed by atoms with Crippen LogP contribution >= 0.6 is 22.6 Å². The lowest BCUT2D eigenvalue weighted by atomic mass is 9.93. The van der Waals surface area contributed by atoms with E-state index < -0.39 is 0 Å². The molecule has 0 saturated carbocycles. The first-order chi connectivity index (χ1) is 9.61. The first-order valence-corrected chi connectivity index (χ1v) is 8.20. The lowest BCUT2D eigenvalue weighted by Gasteiger charge is -2.27. The molecule has 0 radical (unpaired) electrons. The Labute approximate surface area is 132 Å². The maximum atomic E-state index is 12.8. The van der Waals surface area contributed by atoms with Gasteiger partial charge in [-0.2, -0.15) is 0 Å². The van der Waals surface area contributed by atoms with E-state index in [0.717, 1.165) is 29.6 Å². The molecule has 3 rings (SSSR count). The van der Waals surface area contributed by atoms with Crippen LogP contribution < -0.4 is 5.32 Å². The van der Waals surface area contributed by atoms with Gasteiger partial charge >= 0.3 is 0 Å². The van der Waals surface area contributed by atoms with Gasteiger partial charge in [0.15, 0.2) is 0 Å². The number of likely N-dealkylation sites (tertiary alicyclic amines) is 1. The average molecular weight is 386 g/mol. The third-order valence-corrected chi connectivity index (χ3v) is 5.26. The lowest BCUT2D eigenvalue weighted by molar-refractivity contribution is 0.0708. The zero-order chi connectivity index (χ0) is 14.3. The van der Waals surface area contributed by atoms with Crippen molar-refractivity contribution in [3.63, 3.8) is 0 Å². The Morgan fingerprint density at radius 3 is 3.05 bits per heavy atom. The van der Waals surface area contributed by atoms with E-state index >= 15 is 0 Å². The molecule has 0 spiro atoms. The molecular formula is C15H19IN2O2. The van der Waals surface area contributed by atoms with Crippen LogP contribution in [0.1, 0.15) is 23.7 Å². The monoisotopic (exact) mass is 386 g/mol. The third kappa shape index (κ3) is 2.30. The molecule has 0 bridgehead atoms. The number of amides is 1. The molecule has 108 valence electrons. The number of hydrogen-bond donors (Lipinski definition) is 2. The molecule has 2 fully saturated rings. The van der Waals surface area contributed by atoms with Crippen molar-refractivity contribution >= 4 is 28.5 Å². The van der Waals surface area contributed by atoms with Crippen LogP contribution in [0.4, 0.5) is 0 Å². The van der Waals surface area contributed by atoms with E-state index in [-0.39, 0.29) is 11.7 Å². The zero-order valence-electron chi connectivity index (χ0n) is 11.5. The molecule has 20 heavy (non-hydrogen) atoms. The Kier molecular flexibility index (Phi) is 3.90. The number of carbonyl (C=O) groups is 1. The van der Waals surface area contributed by atoms with E-state index in [1.54, 1.807) is 12.1 Å². The molecule has 4 nitrogen and oxygen atoms in total. The Morgan fingerprint density at radius 1 is 1.50 bits per heavy atom. The highest BCUT2D eigenvalue weighted by molar-refractivity contribution is 14.1. The molecule has 2 aliphatic heterocycles. The number of nitrogens with one attached hydrogen (secondary N) is 1. The molecule has 0 aliphatic carbocycles. The second kappa shape index (κ2) is 5.52. The van der Waals surface area contributed by atoms with Crippen LogP contribution in [0.5, 0.6) is 5.75 Å². The van der Waals surface area contributed by atoms with E-state index in [4.69, 9.17) is 0 Å². The SMILES string of the molecule is CCC1C2CNCC2CN1C(=O)c1cc(I)ccc1O. The molecule has 2 aliphatic rings. The van der Waals surface area contributed by atoms with Crippen molar-refractivity contribution in [2.24, 2.45) is 11.8 Å². The normalized spacial score (nSPS) is 28.7. The minimum absolute atomic E-state index is 0.0257. The number of fused-ring (bicyclic) bond motifs is 1. The summed E-state index contributed by atoms with van der Waals surface area (Å²) in [5, 5.41) is 13.4. The summed E-state index contributed by atoms with van der Waals surface area (Å²) in [6, 6.07) is 5.48. The summed E-state index contributed by atoms with van der Waals surface area (Å²) < 4.78 is 0.970. The van der Waals surface area contributed by atoms with Crippen molar-refractivity contribution in [1.82, 2.24) is 10.2 Å². The van der Waals surface area contributed by atoms with E-state index in [1.807, 2.05) is 11.0 Å². The number of benzene rings is 1. The topological polar surface area (TPSA) is 52.6 Å². The van der Waals surface area contributed by atoms with Gasteiger partial charge in [-0.1, -0.05) is 6.92 Å². The molecule has 2 saturated heterocycles. The summed E-state index contributed by atoms with van der Waals surface area (Å²) >= 11 is 2.17. The summed E-state index contributed by atoms with van der Waals surface area (Å²) in [7, 11) is 0. The van der Waals surface area contributed by atoms with Gasteiger partial charge in [-0.3, -0.25) is 4.79 Å². The van der Waals surface area contributed by atoms with E-state index in [1.165, 1.54) is 0 Å². The van der Waals surface area contributed by atoms with E-state index in [0.29, 0.717) is 23.4 Å². The largest absolute Gasteiger partial charge is 0.507 e. The fourth-order valence-corrected chi connectivity index (χ4v) is 4.10. The van der Waals surface area contributed by atoms with E-state index in [2.05, 4.69) is 34.8 Å². The quantitative estimate of drug-likeness (QED) is 0.766. The van der Waals surface area contributed by atoms with Gasteiger partial charge in [-0.25, -0.2) is 0 Å². The van der Waals surface area contributed by atoms with Crippen molar-refractivity contribution in [2.45, 2.75) is 19.4 Å². The van der Waals surface area contributed by atoms with Crippen LogP contribution in [0.15, 0.2) is 18.2 Å². The van der Waals surface area contributed by atoms with Gasteiger partial charge in [0.25, 0.3) is 5.91 Å². The number of rotatable bonds is 2. The van der Waals surface area contributed by atoms with Crippen LogP contribution in [0.2, 0.25) is 0 Å². The highest BCUT2D eigenvalue weighted by Crippen LogP contribution is 2.36. The second-order valence-electron chi connectivity index (χ2n) is 5.68. The molecule has 2 heterocycles. The molecule has 3 unspecified atom stereocenters. The first kappa shape index (κ1) is 14.1. The van der Waals surface area contributed by atoms with Gasteiger partial charge in [0.1, 0.15) is 5.75 Å². The smallest absolute Gasteiger partial charge is 0.257 e. The number of carbonyl (C=O) groups excluding carboxylic acids is 1. The molecule has 5 heteroatoms. The van der Waals surface area contributed by atoms with Gasteiger partial charge < -0.3 is 15.3 Å². The lowest BCUT2D eigenvalue weighted by Crippen LogP contribution is -2.39. The van der Waals surface area contributed by atoms with Crippen LogP contribution in [0, 0.1) is 15.4 Å². The third-order valence-electron chi connectivity index (χ3n) is 4.59. The van der Waals surface area contributed by atoms with E-state index in [9.17, 15) is 9.90 Å². The Morgan fingerprint density at radius 2 is 2.30 bits per heavy atom. The highest BCUT2D eigenvalue weighted by atomic mass is 127. The molecule has 2 N–H and O–H groups in total. The highest BCUT2D eigenvalue weighted by Gasteiger charge is 2.45. The Bertz CT molecular complexity index is 535. The van der Waals surface area contributed by atoms with Crippen LogP contribution in [-0.2, 0) is 0 Å². The summed E-state index contributed by atoms with van der Waals surface area (Å²) in [5.41, 5.74) is 0.434. The van der Waals surface area contributed by atoms with Gasteiger partial charge in [0.2, 0.25) is 0 Å². The Hall–Kier alpha value is -0.820. The van der Waals surface area contributed by atoms with Gasteiger partial charge in [-0.15, -0.1) is 0 Å². The van der Waals surface area contributed by atoms with Crippen molar-refractivity contribution in [2.75, 3.05) is 19.6 Å². The first-order valence-electron chi connectivity index (χ1n) is 7.12. The fourth-order valence-electron chi connectivity index (χ4n) is 3.61. The summed E-state index contributed by atoms with van der Waals surface area (Å²) in [5.74, 6) is 1.19. The molecule has 1 aromatic rings. The number of phenolic OH excluding ortho intramolecular Hbond substituents is 1. The fraction of sp³-hybridized carbons (Fsp3) is 0.533. The molecular weight excluding hydrogens is 367 g/mol. The zero-order valence-corrected chi connectivity index (χ0v) is 13.6. The van der Waals surface area contributed by atoms with Gasteiger partial charge in [0.05, 0.1) is 5.56 Å². The Balaban J connectivity index is 1.88. The standard InChI is InChI=1S/C15H19IN2O2/c1-2-13-12-7-17-6-9(12)8-18(13)15(20)11-5-10(16)3-4-14(11)19/h3-5,9,12-13,17,19H,2,6-8H2,1H3. The molecule has 1 amide bonds. The predicted molar refractivity (Wildman–Crippen MR) is 85.8 cm³/mol. The number of halogens is 1. The molecule has 3 atom stereocenters. The maximum absolute atomic E-state index is 12.8. The van der Waals surface area contributed by atoms with Crippen LogP contribution in [-0.4, -0.2) is 41.6 Å². The minimum Gasteiger partial charge on any atom is -0.507 e. The van der Waals surface area contributed by atoms with Crippen molar-refractivity contribution < 1.29 is 9.90 Å². The summed E-state index contributed by atoms with van der Waals surface area (Å²) in [6.45, 7) is 4.95. The average Bonchev–Trinajstić information content (AvgIpc) is 3.00. The van der Waals surface area contributed by atoms with Crippen LogP contribution in [0.25, 0.3) is 0 Å². The number of aromatic hydroxyl groups is 1. The predicted octanol–water partition coefficient (Wildman–Crippen LogP) is 2.07. The number of phenols is 1. The van der Waals surface area contributed by atoms with Crippen molar-refractivity contribution in [3.05, 3.63) is 27.3 Å². The summed E-state index contributed by atoms with van der Waals surface area (Å²) in [6.07, 6.45) is 0.972. The van der Waals surface area contributed by atoms with Crippen LogP contribution in [0.3, 0.4) is 0 Å². The van der Waals surface area contributed by atoms with Gasteiger partial charge in [0, 0.05) is 29.2 Å². The second-order valence-corrected chi connectivity index (χ2v) is 6.92. The molecule has 0 aromatic heterocycles. The number of hydrogen-bond acceptors (Lipinski definition) is 3. The van der Waals surface area contributed by atoms with Crippen molar-refractivity contribution in [3.8, 4) is 5.75 Å².